The number of aliphatic hydroxyl groups is 1. The van der Waals surface area contributed by atoms with Crippen LogP contribution in [-0.4, -0.2) is 188 Å². The summed E-state index contributed by atoms with van der Waals surface area (Å²) in [6.45, 7) is -0.917. The van der Waals surface area contributed by atoms with E-state index in [0.717, 1.165) is 29.2 Å². The maximum absolute atomic E-state index is 14.2. The Labute approximate surface area is 667 Å². The van der Waals surface area contributed by atoms with Crippen molar-refractivity contribution >= 4 is 82.6 Å². The van der Waals surface area contributed by atoms with Crippen LogP contribution in [0.1, 0.15) is 71.6 Å². The lowest BCUT2D eigenvalue weighted by molar-refractivity contribution is -0.306. The first-order chi connectivity index (χ1) is 55.3. The summed E-state index contributed by atoms with van der Waals surface area (Å²) in [6, 6.07) is 50.8. The fourth-order valence-corrected chi connectivity index (χ4v) is 11.8. The first-order valence-corrected chi connectivity index (χ1v) is 37.6. The summed E-state index contributed by atoms with van der Waals surface area (Å²) in [5.41, 5.74) is 22.6. The highest BCUT2D eigenvalue weighted by Crippen LogP contribution is 2.13. The number of nitrogens with two attached hydrogens (primary N) is 3. The minimum atomic E-state index is -1.57. The molecule has 7 unspecified atom stereocenters. The zero-order valence-electron chi connectivity index (χ0n) is 64.1. The lowest BCUT2D eigenvalue weighted by Gasteiger charge is -2.26. The SMILES string of the molecule is CC(=O)[C@H](CC(=O)[O-])NC(=O)C(Cc1ccccc1)NC(=O)CNC(=O)C(Cc1ccccc1)NC(=O)[C@H](CCCCN)NC(=O)C(Cc1ccccc1)NC(=O)CNC(=O)C(N)Cc1ccccc1.CNC(Cc1ccccc1)C(=O)NCC(=O)NC(Cc1ccccc1)C(=O)N[C@@H](CO)C(=O)NC(Cc1ccccc1)C(N)=O. The van der Waals surface area contributed by atoms with E-state index in [0.29, 0.717) is 42.5 Å². The molecule has 0 aliphatic rings. The third-order valence-corrected chi connectivity index (χ3v) is 18.1. The summed E-state index contributed by atoms with van der Waals surface area (Å²) in [5, 5.41) is 52.4. The molecular formula is C84H102N15O16-. The molecule has 10 atom stereocenters. The number of ketones is 1. The molecule has 7 rings (SSSR count). The monoisotopic (exact) mass is 1580 g/mol. The van der Waals surface area contributed by atoms with Gasteiger partial charge in [-0.2, -0.15) is 0 Å². The van der Waals surface area contributed by atoms with Gasteiger partial charge in [0.25, 0.3) is 0 Å². The molecule has 0 heterocycles. The van der Waals surface area contributed by atoms with Gasteiger partial charge in [-0.25, -0.2) is 0 Å². The highest BCUT2D eigenvalue weighted by molar-refractivity contribution is 5.98. The van der Waals surface area contributed by atoms with Crippen LogP contribution in [-0.2, 0) is 112 Å². The van der Waals surface area contributed by atoms with Gasteiger partial charge in [-0.1, -0.05) is 212 Å². The van der Waals surface area contributed by atoms with Gasteiger partial charge < -0.3 is 96.0 Å². The van der Waals surface area contributed by atoms with E-state index in [2.05, 4.69) is 63.8 Å². The number of hydrogen-bond donors (Lipinski definition) is 16. The van der Waals surface area contributed by atoms with Gasteiger partial charge in [0.05, 0.1) is 44.4 Å². The third-order valence-electron chi connectivity index (χ3n) is 18.1. The molecule has 12 amide bonds. The number of primary amides is 1. The molecule has 7 aromatic carbocycles. The number of Topliss-reactive ketones (excluding diaryl/α,β-unsaturated/α-hetero) is 1. The van der Waals surface area contributed by atoms with Gasteiger partial charge in [0.15, 0.2) is 5.78 Å². The van der Waals surface area contributed by atoms with E-state index in [-0.39, 0.29) is 44.9 Å². The molecule has 0 fully saturated rings. The van der Waals surface area contributed by atoms with E-state index in [1.54, 1.807) is 153 Å². The van der Waals surface area contributed by atoms with Crippen molar-refractivity contribution in [1.29, 1.82) is 0 Å². The van der Waals surface area contributed by atoms with Gasteiger partial charge in [-0.15, -0.1) is 0 Å². The van der Waals surface area contributed by atoms with Crippen molar-refractivity contribution in [3.63, 3.8) is 0 Å². The Bertz CT molecular complexity index is 4290. The Morgan fingerprint density at radius 3 is 0.930 bits per heavy atom. The molecule has 0 saturated heterocycles. The number of unbranched alkanes of at least 4 members (excludes halogenated alkanes) is 1. The van der Waals surface area contributed by atoms with Crippen molar-refractivity contribution in [2.75, 3.05) is 39.8 Å². The number of carbonyl (C=O) groups excluding carboxylic acids is 14. The number of benzene rings is 7. The molecule has 19 N–H and O–H groups in total. The van der Waals surface area contributed by atoms with E-state index in [9.17, 15) is 77.3 Å². The van der Waals surface area contributed by atoms with Crippen LogP contribution >= 0.6 is 0 Å². The predicted octanol–water partition coefficient (Wildman–Crippen LogP) is -1.85. The van der Waals surface area contributed by atoms with Crippen molar-refractivity contribution in [3.05, 3.63) is 251 Å². The second-order valence-electron chi connectivity index (χ2n) is 27.2. The molecule has 0 saturated carbocycles. The Hall–Kier alpha value is -12.8. The fraction of sp³-hybridized carbons (Fsp3) is 0.333. The first kappa shape index (κ1) is 91.0. The molecular weight excluding hydrogens is 1480 g/mol. The number of carboxylic acids is 1. The van der Waals surface area contributed by atoms with Crippen molar-refractivity contribution in [3.8, 4) is 0 Å². The number of amides is 12. The zero-order valence-corrected chi connectivity index (χ0v) is 64.1. The third kappa shape index (κ3) is 34.0. The highest BCUT2D eigenvalue weighted by Gasteiger charge is 2.34. The second-order valence-corrected chi connectivity index (χ2v) is 27.2. The van der Waals surface area contributed by atoms with Crippen LogP contribution in [0.25, 0.3) is 0 Å². The van der Waals surface area contributed by atoms with Gasteiger partial charge in [-0.3, -0.25) is 62.3 Å². The van der Waals surface area contributed by atoms with E-state index in [1.165, 1.54) is 0 Å². The highest BCUT2D eigenvalue weighted by atomic mass is 16.4. The molecule has 31 heteroatoms. The minimum Gasteiger partial charge on any atom is -0.550 e. The van der Waals surface area contributed by atoms with Crippen molar-refractivity contribution in [1.82, 2.24) is 63.8 Å². The fourth-order valence-electron chi connectivity index (χ4n) is 11.8. The average molecular weight is 1580 g/mol. The van der Waals surface area contributed by atoms with Crippen LogP contribution in [0, 0.1) is 0 Å². The number of carboxylic acid groups (broad SMARTS) is 1. The van der Waals surface area contributed by atoms with Crippen molar-refractivity contribution in [2.45, 2.75) is 138 Å². The maximum Gasteiger partial charge on any atom is 0.245 e. The summed E-state index contributed by atoms with van der Waals surface area (Å²) in [6.07, 6.45) is 0.958. The van der Waals surface area contributed by atoms with Gasteiger partial charge in [0.1, 0.15) is 42.3 Å². The van der Waals surface area contributed by atoms with E-state index < -0.39 is 176 Å². The summed E-state index contributed by atoms with van der Waals surface area (Å²) in [4.78, 5) is 183. The number of aliphatic carboxylic acids is 1. The van der Waals surface area contributed by atoms with Gasteiger partial charge in [0.2, 0.25) is 70.9 Å². The number of rotatable bonds is 46. The number of hydrogen-bond acceptors (Lipinski definition) is 19. The van der Waals surface area contributed by atoms with Crippen LogP contribution in [0.15, 0.2) is 212 Å². The minimum absolute atomic E-state index is 0.0170. The van der Waals surface area contributed by atoms with Crippen LogP contribution < -0.4 is 86.1 Å². The maximum atomic E-state index is 14.2. The Balaban J connectivity index is 0.000000393. The van der Waals surface area contributed by atoms with Crippen molar-refractivity contribution < 1.29 is 77.3 Å². The smallest absolute Gasteiger partial charge is 0.245 e. The molecule has 0 aliphatic heterocycles. The molecule has 0 bridgehead atoms. The van der Waals surface area contributed by atoms with E-state index in [4.69, 9.17) is 17.2 Å². The number of carbonyl (C=O) groups is 14. The predicted molar refractivity (Wildman–Crippen MR) is 426 cm³/mol. The zero-order chi connectivity index (χ0) is 83.4. The summed E-state index contributed by atoms with van der Waals surface area (Å²) < 4.78 is 0. The summed E-state index contributed by atoms with van der Waals surface area (Å²) in [7, 11) is 1.65. The van der Waals surface area contributed by atoms with Crippen LogP contribution in [0.5, 0.6) is 0 Å². The largest absolute Gasteiger partial charge is 0.550 e. The standard InChI is InChI=1S/C51H63N9O10.C33H40N6O6/c1-33(61)40(30-46(64)65)59-51(70)43(29-37-22-12-5-13-23-37)57-45(63)32-55-48(67)41(27-35-18-8-3-9-19-35)60-49(68)39(24-14-15-25-52)58-50(69)42(28-36-20-10-4-11-21-36)56-44(62)31-54-47(66)38(53)26-34-16-6-2-7-17-34;1-35-26(18-23-13-7-3-8-14-23)31(43)36-20-29(41)37-27(19-24-15-9-4-10-16-24)32(44)39-28(21-40)33(45)38-25(30(34)42)17-22-11-5-2-6-12-22/h2-13,16-23,38-43H,14-15,24-32,52-53H2,1H3,(H,54,66)(H,55,67)(H,56,62)(H,57,63)(H,58,69)(H,59,70)(H,60,68)(H,64,65);2-16,25-28,35,40H,17-21H2,1H3,(H2,34,42)(H,36,43)(H,37,41)(H,38,45)(H,39,44)/p-1/t38?,39-,40-,41?,42?,43?;25?,26?,27?,28-/m00/s1. The lowest BCUT2D eigenvalue weighted by atomic mass is 10.0. The second kappa shape index (κ2) is 49.5. The first-order valence-electron chi connectivity index (χ1n) is 37.6. The van der Waals surface area contributed by atoms with E-state index >= 15 is 0 Å². The van der Waals surface area contributed by atoms with Gasteiger partial charge in [-0.05, 0) is 91.6 Å². The Kier molecular flexibility index (Phi) is 39.2. The molecule has 610 valence electrons. The quantitative estimate of drug-likeness (QED) is 0.0186. The van der Waals surface area contributed by atoms with Gasteiger partial charge >= 0.3 is 0 Å². The van der Waals surface area contributed by atoms with E-state index in [1.807, 2.05) is 66.7 Å². The molecule has 0 radical (unpaired) electrons. The molecule has 0 aromatic heterocycles. The molecule has 0 spiro atoms. The van der Waals surface area contributed by atoms with Crippen molar-refractivity contribution in [2.24, 2.45) is 17.2 Å². The average Bonchev–Trinajstić information content (AvgIpc) is 0.862. The summed E-state index contributed by atoms with van der Waals surface area (Å²) in [5.74, 6) is -10.7. The number of likely N-dealkylation sites (N-methyl/N-ethyl adjacent to an activating group) is 1. The number of aliphatic hydroxyl groups excluding tert-OH is 1. The molecule has 7 aromatic rings. The Morgan fingerprint density at radius 2 is 0.609 bits per heavy atom. The normalized spacial score (nSPS) is 13.4. The summed E-state index contributed by atoms with van der Waals surface area (Å²) >= 11 is 0. The number of nitrogens with one attached hydrogen (secondary N) is 12. The van der Waals surface area contributed by atoms with Crippen LogP contribution in [0.4, 0.5) is 0 Å². The van der Waals surface area contributed by atoms with Gasteiger partial charge in [0, 0.05) is 44.5 Å². The van der Waals surface area contributed by atoms with Crippen LogP contribution in [0.2, 0.25) is 0 Å². The molecule has 115 heavy (non-hydrogen) atoms. The Morgan fingerprint density at radius 1 is 0.339 bits per heavy atom. The molecule has 31 nitrogen and oxygen atoms in total. The topological polar surface area (TPSA) is 505 Å². The molecule has 0 aliphatic carbocycles. The van der Waals surface area contributed by atoms with Crippen LogP contribution in [0.3, 0.4) is 0 Å². The lowest BCUT2D eigenvalue weighted by Crippen LogP contribution is -2.58.